The summed E-state index contributed by atoms with van der Waals surface area (Å²) in [5.41, 5.74) is -0.108. The van der Waals surface area contributed by atoms with Crippen molar-refractivity contribution in [2.45, 2.75) is 33.2 Å². The average Bonchev–Trinajstić information content (AvgIpc) is 1.80. The van der Waals surface area contributed by atoms with Gasteiger partial charge in [0.15, 0.2) is 0 Å². The molecule has 3 nitrogen and oxygen atoms in total. The molecule has 0 aromatic heterocycles. The van der Waals surface area contributed by atoms with Gasteiger partial charge in [-0.2, -0.15) is 0 Å². The highest BCUT2D eigenvalue weighted by Crippen LogP contribution is 2.27. The lowest BCUT2D eigenvalue weighted by Crippen LogP contribution is -2.57. The van der Waals surface area contributed by atoms with Gasteiger partial charge >= 0.3 is 5.97 Å². The van der Waals surface area contributed by atoms with Crippen molar-refractivity contribution in [2.24, 2.45) is 5.41 Å². The summed E-state index contributed by atoms with van der Waals surface area (Å²) in [5.74, 6) is -0.766. The molecule has 0 aromatic carbocycles. The van der Waals surface area contributed by atoms with Crippen LogP contribution in [0.5, 0.6) is 0 Å². The molecule has 0 aliphatic carbocycles. The van der Waals surface area contributed by atoms with Crippen LogP contribution in [0.4, 0.5) is 0 Å². The number of carbonyl (C=O) groups is 1. The summed E-state index contributed by atoms with van der Waals surface area (Å²) in [4.78, 5) is 13.3. The first-order valence-corrected chi connectivity index (χ1v) is 4.79. The van der Waals surface area contributed by atoms with E-state index in [4.69, 9.17) is 17.3 Å². The Morgan fingerprint density at radius 3 is 2.31 bits per heavy atom. The minimum Gasteiger partial charge on any atom is -0.480 e. The van der Waals surface area contributed by atoms with E-state index in [1.165, 1.54) is 0 Å². The van der Waals surface area contributed by atoms with Crippen molar-refractivity contribution >= 4 is 23.2 Å². The van der Waals surface area contributed by atoms with Gasteiger partial charge in [0.2, 0.25) is 0 Å². The maximum atomic E-state index is 10.7. The zero-order valence-corrected chi connectivity index (χ0v) is 9.02. The van der Waals surface area contributed by atoms with Gasteiger partial charge in [0.05, 0.1) is 4.99 Å². The van der Waals surface area contributed by atoms with Crippen LogP contribution in [0.15, 0.2) is 0 Å². The standard InChI is InChI=1S/C9H15NO2S/c1-9(2,3)8(13)10-5-4-6(10)7(11)12/h6H,4-5H2,1-3H3,(H,11,12). The van der Waals surface area contributed by atoms with Crippen LogP contribution in [0, 0.1) is 5.41 Å². The fourth-order valence-electron chi connectivity index (χ4n) is 1.32. The fourth-order valence-corrected chi connectivity index (χ4v) is 1.54. The van der Waals surface area contributed by atoms with Crippen LogP contribution in [-0.2, 0) is 4.79 Å². The van der Waals surface area contributed by atoms with Gasteiger partial charge in [0.25, 0.3) is 0 Å². The van der Waals surface area contributed by atoms with Crippen molar-refractivity contribution in [3.8, 4) is 0 Å². The van der Waals surface area contributed by atoms with Gasteiger partial charge in [0.1, 0.15) is 6.04 Å². The summed E-state index contributed by atoms with van der Waals surface area (Å²) >= 11 is 5.22. The maximum absolute atomic E-state index is 10.7. The molecular weight excluding hydrogens is 186 g/mol. The van der Waals surface area contributed by atoms with Gasteiger partial charge in [-0.05, 0) is 6.42 Å². The van der Waals surface area contributed by atoms with Crippen LogP contribution in [0.1, 0.15) is 27.2 Å². The maximum Gasteiger partial charge on any atom is 0.326 e. The number of aliphatic carboxylic acids is 1. The Hall–Kier alpha value is -0.640. The molecule has 1 heterocycles. The van der Waals surface area contributed by atoms with Crippen LogP contribution in [-0.4, -0.2) is 33.6 Å². The smallest absolute Gasteiger partial charge is 0.326 e. The van der Waals surface area contributed by atoms with E-state index in [9.17, 15) is 4.79 Å². The molecule has 0 saturated carbocycles. The van der Waals surface area contributed by atoms with E-state index in [1.54, 1.807) is 4.90 Å². The third-order valence-electron chi connectivity index (χ3n) is 2.21. The Balaban J connectivity index is 2.65. The number of hydrogen-bond acceptors (Lipinski definition) is 2. The lowest BCUT2D eigenvalue weighted by atomic mass is 9.91. The lowest BCUT2D eigenvalue weighted by Gasteiger charge is -2.43. The van der Waals surface area contributed by atoms with Crippen LogP contribution in [0.3, 0.4) is 0 Å². The molecule has 0 spiro atoms. The van der Waals surface area contributed by atoms with Gasteiger partial charge < -0.3 is 10.0 Å². The highest BCUT2D eigenvalue weighted by atomic mass is 32.1. The zero-order chi connectivity index (χ0) is 10.2. The minimum absolute atomic E-state index is 0.108. The molecule has 0 bridgehead atoms. The second kappa shape index (κ2) is 3.25. The van der Waals surface area contributed by atoms with E-state index in [2.05, 4.69) is 0 Å². The molecule has 1 aliphatic heterocycles. The van der Waals surface area contributed by atoms with Crippen molar-refractivity contribution in [3.63, 3.8) is 0 Å². The summed E-state index contributed by atoms with van der Waals surface area (Å²) in [6.45, 7) is 6.80. The zero-order valence-electron chi connectivity index (χ0n) is 8.20. The average molecular weight is 201 g/mol. The van der Waals surface area contributed by atoms with Crippen LogP contribution in [0.2, 0.25) is 0 Å². The Morgan fingerprint density at radius 1 is 1.54 bits per heavy atom. The number of rotatable bonds is 1. The van der Waals surface area contributed by atoms with E-state index in [0.717, 1.165) is 11.5 Å². The second-order valence-corrected chi connectivity index (χ2v) is 4.78. The van der Waals surface area contributed by atoms with E-state index < -0.39 is 5.97 Å². The Bertz CT molecular complexity index is 244. The first-order valence-electron chi connectivity index (χ1n) is 4.38. The fraction of sp³-hybridized carbons (Fsp3) is 0.778. The molecule has 13 heavy (non-hydrogen) atoms. The van der Waals surface area contributed by atoms with E-state index in [1.807, 2.05) is 20.8 Å². The predicted octanol–water partition coefficient (Wildman–Crippen LogP) is 1.52. The molecule has 1 rings (SSSR count). The summed E-state index contributed by atoms with van der Waals surface area (Å²) in [6.07, 6.45) is 0.714. The molecule has 1 saturated heterocycles. The molecule has 1 atom stereocenters. The SMILES string of the molecule is CC(C)(C)C(=S)N1CCC1C(=O)O. The first-order chi connectivity index (χ1) is 5.84. The number of hydrogen-bond donors (Lipinski definition) is 1. The van der Waals surface area contributed by atoms with Crippen molar-refractivity contribution in [3.05, 3.63) is 0 Å². The first kappa shape index (κ1) is 10.4. The lowest BCUT2D eigenvalue weighted by molar-refractivity contribution is -0.145. The quantitative estimate of drug-likeness (QED) is 0.653. The van der Waals surface area contributed by atoms with Crippen LogP contribution >= 0.6 is 12.2 Å². The molecule has 1 N–H and O–H groups in total. The molecule has 0 aromatic rings. The molecule has 0 amide bonds. The number of thiocarbonyl (C=S) groups is 1. The molecule has 1 fully saturated rings. The van der Waals surface area contributed by atoms with Gasteiger partial charge in [-0.15, -0.1) is 0 Å². The van der Waals surface area contributed by atoms with E-state index in [0.29, 0.717) is 6.42 Å². The van der Waals surface area contributed by atoms with Crippen molar-refractivity contribution in [1.29, 1.82) is 0 Å². The van der Waals surface area contributed by atoms with E-state index >= 15 is 0 Å². The number of carboxylic acid groups (broad SMARTS) is 1. The van der Waals surface area contributed by atoms with Crippen molar-refractivity contribution in [2.75, 3.05) is 6.54 Å². The minimum atomic E-state index is -0.766. The summed E-state index contributed by atoms with van der Waals surface area (Å²) in [7, 11) is 0. The predicted molar refractivity (Wildman–Crippen MR) is 54.8 cm³/mol. The third kappa shape index (κ3) is 1.99. The highest BCUT2D eigenvalue weighted by molar-refractivity contribution is 7.80. The summed E-state index contributed by atoms with van der Waals surface area (Å²) in [5, 5.41) is 8.82. The second-order valence-electron chi connectivity index (χ2n) is 4.39. The number of likely N-dealkylation sites (tertiary alicyclic amines) is 1. The van der Waals surface area contributed by atoms with Gasteiger partial charge in [-0.25, -0.2) is 4.79 Å². The van der Waals surface area contributed by atoms with E-state index in [-0.39, 0.29) is 11.5 Å². The molecular formula is C9H15NO2S. The number of carboxylic acids is 1. The van der Waals surface area contributed by atoms with Crippen molar-refractivity contribution < 1.29 is 9.90 Å². The summed E-state index contributed by atoms with van der Waals surface area (Å²) < 4.78 is 0. The van der Waals surface area contributed by atoms with Gasteiger partial charge in [-0.3, -0.25) is 0 Å². The largest absolute Gasteiger partial charge is 0.480 e. The Kier molecular flexibility index (Phi) is 2.61. The molecule has 74 valence electrons. The van der Waals surface area contributed by atoms with Crippen molar-refractivity contribution in [1.82, 2.24) is 4.90 Å². The summed E-state index contributed by atoms with van der Waals surface area (Å²) in [6, 6.07) is -0.383. The topological polar surface area (TPSA) is 40.5 Å². The molecule has 1 unspecified atom stereocenters. The third-order valence-corrected chi connectivity index (χ3v) is 3.05. The Morgan fingerprint density at radius 2 is 2.08 bits per heavy atom. The monoisotopic (exact) mass is 201 g/mol. The molecule has 4 heteroatoms. The molecule has 1 aliphatic rings. The van der Waals surface area contributed by atoms with Gasteiger partial charge in [0, 0.05) is 12.0 Å². The molecule has 0 radical (unpaired) electrons. The van der Waals surface area contributed by atoms with Crippen LogP contribution in [0.25, 0.3) is 0 Å². The number of nitrogens with zero attached hydrogens (tertiary/aromatic N) is 1. The normalized spacial score (nSPS) is 22.4. The Labute approximate surface area is 83.7 Å². The highest BCUT2D eigenvalue weighted by Gasteiger charge is 2.38. The van der Waals surface area contributed by atoms with Gasteiger partial charge in [-0.1, -0.05) is 33.0 Å². The van der Waals surface area contributed by atoms with Crippen LogP contribution < -0.4 is 0 Å².